The Morgan fingerprint density at radius 1 is 1.16 bits per heavy atom. The highest BCUT2D eigenvalue weighted by molar-refractivity contribution is 6.20. The summed E-state index contributed by atoms with van der Waals surface area (Å²) in [6.45, 7) is 6.16. The molecule has 2 aromatic rings. The van der Waals surface area contributed by atoms with Gasteiger partial charge < -0.3 is 14.6 Å². The van der Waals surface area contributed by atoms with Crippen LogP contribution in [-0.2, 0) is 4.79 Å². The van der Waals surface area contributed by atoms with Crippen molar-refractivity contribution in [1.29, 1.82) is 0 Å². The van der Waals surface area contributed by atoms with Crippen LogP contribution < -0.4 is 9.47 Å². The maximum atomic E-state index is 13.1. The Labute approximate surface area is 146 Å². The first kappa shape index (κ1) is 18.5. The lowest BCUT2D eigenvalue weighted by atomic mass is 10.0. The van der Waals surface area contributed by atoms with Gasteiger partial charge in [0.15, 0.2) is 11.5 Å². The number of aliphatic carboxylic acids is 1. The second-order valence-corrected chi connectivity index (χ2v) is 5.68. The monoisotopic (exact) mass is 344 g/mol. The Kier molecular flexibility index (Phi) is 6.17. The van der Waals surface area contributed by atoms with Gasteiger partial charge in [0.05, 0.1) is 18.3 Å². The van der Waals surface area contributed by atoms with Gasteiger partial charge in [-0.25, -0.2) is 9.18 Å². The molecule has 0 heterocycles. The molecule has 0 saturated heterocycles. The first-order valence-electron chi connectivity index (χ1n) is 8.05. The van der Waals surface area contributed by atoms with E-state index in [2.05, 4.69) is 0 Å². The van der Waals surface area contributed by atoms with Gasteiger partial charge >= 0.3 is 5.97 Å². The summed E-state index contributed by atoms with van der Waals surface area (Å²) in [5.74, 6) is -0.351. The molecule has 132 valence electrons. The number of halogens is 1. The third-order valence-electron chi connectivity index (χ3n) is 3.33. The fourth-order valence-corrected chi connectivity index (χ4v) is 2.30. The molecule has 0 fully saturated rings. The lowest BCUT2D eigenvalue weighted by Gasteiger charge is -2.15. The van der Waals surface area contributed by atoms with Gasteiger partial charge in [0.1, 0.15) is 5.82 Å². The average molecular weight is 344 g/mol. The van der Waals surface area contributed by atoms with Crippen LogP contribution in [0.2, 0.25) is 0 Å². The summed E-state index contributed by atoms with van der Waals surface area (Å²) in [6.07, 6.45) is 1.52. The van der Waals surface area contributed by atoms with E-state index in [0.717, 1.165) is 0 Å². The first-order chi connectivity index (χ1) is 11.9. The minimum atomic E-state index is -1.09. The predicted octanol–water partition coefficient (Wildman–Crippen LogP) is 4.64. The van der Waals surface area contributed by atoms with E-state index in [0.29, 0.717) is 29.2 Å². The third-order valence-corrected chi connectivity index (χ3v) is 3.33. The number of carbonyl (C=O) groups is 1. The van der Waals surface area contributed by atoms with E-state index in [-0.39, 0.29) is 11.7 Å². The minimum Gasteiger partial charge on any atom is -0.490 e. The van der Waals surface area contributed by atoms with Crippen molar-refractivity contribution in [2.24, 2.45) is 0 Å². The SMILES string of the molecule is CCOc1cc(/C=C(\C(=O)O)c2ccc(F)cc2)ccc1OC(C)C. The summed E-state index contributed by atoms with van der Waals surface area (Å²) >= 11 is 0. The lowest BCUT2D eigenvalue weighted by Crippen LogP contribution is -2.07. The number of rotatable bonds is 7. The van der Waals surface area contributed by atoms with E-state index >= 15 is 0 Å². The molecule has 0 spiro atoms. The molecule has 0 bridgehead atoms. The molecule has 5 heteroatoms. The summed E-state index contributed by atoms with van der Waals surface area (Å²) in [6, 6.07) is 10.6. The average Bonchev–Trinajstić information content (AvgIpc) is 2.55. The molecule has 2 rings (SSSR count). The van der Waals surface area contributed by atoms with Gasteiger partial charge in [-0.3, -0.25) is 0 Å². The number of benzene rings is 2. The summed E-state index contributed by atoms with van der Waals surface area (Å²) in [5.41, 5.74) is 1.15. The largest absolute Gasteiger partial charge is 0.490 e. The van der Waals surface area contributed by atoms with E-state index in [1.807, 2.05) is 20.8 Å². The molecule has 4 nitrogen and oxygen atoms in total. The molecule has 0 radical (unpaired) electrons. The van der Waals surface area contributed by atoms with Gasteiger partial charge in [0, 0.05) is 0 Å². The van der Waals surface area contributed by atoms with Crippen LogP contribution in [0.15, 0.2) is 42.5 Å². The molecule has 0 aliphatic carbocycles. The molecule has 0 aromatic heterocycles. The zero-order valence-corrected chi connectivity index (χ0v) is 14.5. The fraction of sp³-hybridized carbons (Fsp3) is 0.250. The molecule has 25 heavy (non-hydrogen) atoms. The van der Waals surface area contributed by atoms with E-state index < -0.39 is 11.8 Å². The lowest BCUT2D eigenvalue weighted by molar-refractivity contribution is -0.130. The highest BCUT2D eigenvalue weighted by Crippen LogP contribution is 2.31. The van der Waals surface area contributed by atoms with E-state index in [1.165, 1.54) is 30.3 Å². The van der Waals surface area contributed by atoms with Crippen molar-refractivity contribution in [1.82, 2.24) is 0 Å². The van der Waals surface area contributed by atoms with Gasteiger partial charge in [0.25, 0.3) is 0 Å². The van der Waals surface area contributed by atoms with E-state index in [4.69, 9.17) is 9.47 Å². The Morgan fingerprint density at radius 3 is 2.40 bits per heavy atom. The number of hydrogen-bond acceptors (Lipinski definition) is 3. The van der Waals surface area contributed by atoms with Gasteiger partial charge in [-0.2, -0.15) is 0 Å². The highest BCUT2D eigenvalue weighted by Gasteiger charge is 2.13. The molecule has 1 N–H and O–H groups in total. The number of carboxylic acids is 1. The Morgan fingerprint density at radius 2 is 1.84 bits per heavy atom. The Bertz CT molecular complexity index is 764. The molecule has 0 aliphatic rings. The van der Waals surface area contributed by atoms with Crippen LogP contribution in [0.5, 0.6) is 11.5 Å². The Balaban J connectivity index is 2.43. The van der Waals surface area contributed by atoms with Crippen molar-refractivity contribution in [3.63, 3.8) is 0 Å². The van der Waals surface area contributed by atoms with Gasteiger partial charge in [-0.05, 0) is 62.2 Å². The normalized spacial score (nSPS) is 11.5. The van der Waals surface area contributed by atoms with Crippen LogP contribution >= 0.6 is 0 Å². The fourth-order valence-electron chi connectivity index (χ4n) is 2.30. The van der Waals surface area contributed by atoms with Crippen LogP contribution in [-0.4, -0.2) is 23.8 Å². The van der Waals surface area contributed by atoms with Crippen LogP contribution in [0.3, 0.4) is 0 Å². The van der Waals surface area contributed by atoms with Crippen molar-refractivity contribution in [3.8, 4) is 11.5 Å². The second kappa shape index (κ2) is 8.33. The molecule has 0 saturated carbocycles. The van der Waals surface area contributed by atoms with Crippen molar-refractivity contribution >= 4 is 17.6 Å². The third kappa shape index (κ3) is 5.08. The van der Waals surface area contributed by atoms with Crippen LogP contribution in [0.25, 0.3) is 11.6 Å². The van der Waals surface area contributed by atoms with Crippen molar-refractivity contribution in [2.75, 3.05) is 6.61 Å². The molecule has 0 atom stereocenters. The first-order valence-corrected chi connectivity index (χ1v) is 8.05. The molecule has 2 aromatic carbocycles. The summed E-state index contributed by atoms with van der Waals surface area (Å²) in [4.78, 5) is 11.6. The highest BCUT2D eigenvalue weighted by atomic mass is 19.1. The topological polar surface area (TPSA) is 55.8 Å². The molecule has 0 unspecified atom stereocenters. The van der Waals surface area contributed by atoms with E-state index in [1.54, 1.807) is 18.2 Å². The van der Waals surface area contributed by atoms with Crippen LogP contribution in [0.4, 0.5) is 4.39 Å². The van der Waals surface area contributed by atoms with Gasteiger partial charge in [0.2, 0.25) is 0 Å². The molecule has 0 aliphatic heterocycles. The smallest absolute Gasteiger partial charge is 0.336 e. The van der Waals surface area contributed by atoms with Crippen LogP contribution in [0.1, 0.15) is 31.9 Å². The molecular weight excluding hydrogens is 323 g/mol. The summed E-state index contributed by atoms with van der Waals surface area (Å²) in [5, 5.41) is 9.49. The molecule has 0 amide bonds. The van der Waals surface area contributed by atoms with Gasteiger partial charge in [-0.1, -0.05) is 18.2 Å². The van der Waals surface area contributed by atoms with Crippen molar-refractivity contribution < 1.29 is 23.8 Å². The maximum Gasteiger partial charge on any atom is 0.336 e. The molecular formula is C20H21FO4. The minimum absolute atomic E-state index is 0.00519. The zero-order chi connectivity index (χ0) is 18.4. The maximum absolute atomic E-state index is 13.1. The second-order valence-electron chi connectivity index (χ2n) is 5.68. The van der Waals surface area contributed by atoms with Crippen LogP contribution in [0, 0.1) is 5.82 Å². The van der Waals surface area contributed by atoms with Gasteiger partial charge in [-0.15, -0.1) is 0 Å². The van der Waals surface area contributed by atoms with E-state index in [9.17, 15) is 14.3 Å². The Hall–Kier alpha value is -2.82. The van der Waals surface area contributed by atoms with Crippen molar-refractivity contribution in [3.05, 3.63) is 59.4 Å². The van der Waals surface area contributed by atoms with Crippen molar-refractivity contribution in [2.45, 2.75) is 26.9 Å². The quantitative estimate of drug-likeness (QED) is 0.587. The summed E-state index contributed by atoms with van der Waals surface area (Å²) in [7, 11) is 0. The predicted molar refractivity (Wildman–Crippen MR) is 95.3 cm³/mol. The number of carboxylic acid groups (broad SMARTS) is 1. The summed E-state index contributed by atoms with van der Waals surface area (Å²) < 4.78 is 24.4. The number of hydrogen-bond donors (Lipinski definition) is 1. The zero-order valence-electron chi connectivity index (χ0n) is 14.5. The number of ether oxygens (including phenoxy) is 2. The standard InChI is InChI=1S/C20H21FO4/c1-4-24-19-12-14(5-10-18(19)25-13(2)3)11-17(20(22)23)15-6-8-16(21)9-7-15/h5-13H,4H2,1-3H3,(H,22,23)/b17-11-.